The highest BCUT2D eigenvalue weighted by atomic mass is 16.6. The maximum atomic E-state index is 12.8. The van der Waals surface area contributed by atoms with Gasteiger partial charge in [0, 0.05) is 17.9 Å². The summed E-state index contributed by atoms with van der Waals surface area (Å²) in [5.41, 5.74) is 4.28. The van der Waals surface area contributed by atoms with Crippen molar-refractivity contribution in [2.45, 2.75) is 45.6 Å². The highest BCUT2D eigenvalue weighted by molar-refractivity contribution is 5.93. The first-order valence-electron chi connectivity index (χ1n) is 13.2. The molecule has 3 N–H and O–H groups in total. The van der Waals surface area contributed by atoms with E-state index >= 15 is 0 Å². The van der Waals surface area contributed by atoms with E-state index in [9.17, 15) is 19.2 Å². The summed E-state index contributed by atoms with van der Waals surface area (Å²) in [5, 5.41) is 5.28. The number of rotatable bonds is 15. The van der Waals surface area contributed by atoms with E-state index in [4.69, 9.17) is 14.0 Å². The molecule has 0 aliphatic heterocycles. The maximum absolute atomic E-state index is 12.8. The molecule has 10 nitrogen and oxygen atoms in total. The van der Waals surface area contributed by atoms with Crippen LogP contribution in [0.2, 0.25) is 0 Å². The lowest BCUT2D eigenvalue weighted by Crippen LogP contribution is -2.41. The number of amides is 3. The van der Waals surface area contributed by atoms with Crippen molar-refractivity contribution in [2.75, 3.05) is 13.8 Å². The first-order valence-corrected chi connectivity index (χ1v) is 13.2. The highest BCUT2D eigenvalue weighted by Crippen LogP contribution is 2.23. The van der Waals surface area contributed by atoms with Gasteiger partial charge in [0.1, 0.15) is 5.76 Å². The molecular weight excluding hydrogens is 514 g/mol. The zero-order chi connectivity index (χ0) is 28.7. The first kappa shape index (κ1) is 30.1. The number of unbranched alkanes of at least 4 members (excludes halogenated alkanes) is 2. The average Bonchev–Trinajstić information content (AvgIpc) is 3.47. The number of nitrogens with one attached hydrogen (secondary N) is 3. The Balaban J connectivity index is 1.49. The fourth-order valence-electron chi connectivity index (χ4n) is 3.98. The van der Waals surface area contributed by atoms with Crippen molar-refractivity contribution in [2.24, 2.45) is 5.92 Å². The molecule has 0 unspecified atom stereocenters. The summed E-state index contributed by atoms with van der Waals surface area (Å²) in [7, 11) is 1.30. The summed E-state index contributed by atoms with van der Waals surface area (Å²) in [6.07, 6.45) is 3.22. The Hall–Kier alpha value is -4.44. The number of carbonyl (C=O) groups is 4. The van der Waals surface area contributed by atoms with Crippen LogP contribution in [0.4, 0.5) is 0 Å². The Morgan fingerprint density at radius 3 is 2.48 bits per heavy atom. The van der Waals surface area contributed by atoms with Crippen LogP contribution in [0.3, 0.4) is 0 Å². The van der Waals surface area contributed by atoms with Gasteiger partial charge in [-0.3, -0.25) is 19.2 Å². The van der Waals surface area contributed by atoms with Gasteiger partial charge in [0.15, 0.2) is 5.76 Å². The van der Waals surface area contributed by atoms with Gasteiger partial charge in [-0.2, -0.15) is 0 Å². The van der Waals surface area contributed by atoms with Crippen molar-refractivity contribution in [3.8, 4) is 11.3 Å². The van der Waals surface area contributed by atoms with Crippen molar-refractivity contribution in [3.05, 3.63) is 83.6 Å². The Kier molecular flexibility index (Phi) is 11.9. The number of carbonyl (C=O) groups excluding carboxylic acids is 4. The molecule has 0 fully saturated rings. The van der Waals surface area contributed by atoms with Gasteiger partial charge in [-0.15, -0.1) is 0 Å². The number of methoxy groups -OCH3 is 1. The minimum absolute atomic E-state index is 0.0372. The van der Waals surface area contributed by atoms with E-state index in [0.29, 0.717) is 23.3 Å². The SMILES string of the molecule is CCCCC[C@H](CC(=O)NOCc1ccccc1)C(=O)NCNC(=O)c1ccc(-c2cccc(C(=O)OC)c2)o1. The van der Waals surface area contributed by atoms with Gasteiger partial charge in [0.2, 0.25) is 11.8 Å². The molecule has 3 amide bonds. The normalized spacial score (nSPS) is 11.3. The summed E-state index contributed by atoms with van der Waals surface area (Å²) in [6.45, 7) is 2.14. The molecule has 1 atom stereocenters. The molecule has 0 spiro atoms. The fraction of sp³-hybridized carbons (Fsp3) is 0.333. The summed E-state index contributed by atoms with van der Waals surface area (Å²) in [6, 6.07) is 19.2. The van der Waals surface area contributed by atoms with Gasteiger partial charge >= 0.3 is 5.97 Å². The maximum Gasteiger partial charge on any atom is 0.337 e. The number of esters is 1. The Labute approximate surface area is 233 Å². The lowest BCUT2D eigenvalue weighted by Gasteiger charge is -2.17. The third-order valence-corrected chi connectivity index (χ3v) is 6.14. The van der Waals surface area contributed by atoms with Crippen LogP contribution in [-0.2, 0) is 25.8 Å². The summed E-state index contributed by atoms with van der Waals surface area (Å²) in [4.78, 5) is 54.9. The first-order chi connectivity index (χ1) is 19.4. The fourth-order valence-corrected chi connectivity index (χ4v) is 3.98. The molecule has 0 saturated carbocycles. The van der Waals surface area contributed by atoms with Crippen LogP contribution in [-0.4, -0.2) is 37.5 Å². The van der Waals surface area contributed by atoms with Crippen LogP contribution in [0.1, 0.15) is 65.5 Å². The molecule has 40 heavy (non-hydrogen) atoms. The van der Waals surface area contributed by atoms with Gasteiger partial charge < -0.3 is 19.8 Å². The number of benzene rings is 2. The summed E-state index contributed by atoms with van der Waals surface area (Å²) >= 11 is 0. The van der Waals surface area contributed by atoms with Gasteiger partial charge in [0.25, 0.3) is 5.91 Å². The topological polar surface area (TPSA) is 136 Å². The molecule has 212 valence electrons. The third-order valence-electron chi connectivity index (χ3n) is 6.14. The molecular formula is C30H35N3O7. The predicted molar refractivity (Wildman–Crippen MR) is 148 cm³/mol. The van der Waals surface area contributed by atoms with Crippen LogP contribution in [0, 0.1) is 5.92 Å². The van der Waals surface area contributed by atoms with E-state index in [0.717, 1.165) is 24.8 Å². The van der Waals surface area contributed by atoms with Crippen molar-refractivity contribution in [1.82, 2.24) is 16.1 Å². The Morgan fingerprint density at radius 2 is 1.73 bits per heavy atom. The molecule has 3 aromatic rings. The Morgan fingerprint density at radius 1 is 0.925 bits per heavy atom. The van der Waals surface area contributed by atoms with Crippen LogP contribution in [0.5, 0.6) is 0 Å². The molecule has 0 aliphatic rings. The minimum Gasteiger partial charge on any atom is -0.465 e. The molecule has 0 radical (unpaired) electrons. The lowest BCUT2D eigenvalue weighted by atomic mass is 9.96. The zero-order valence-corrected chi connectivity index (χ0v) is 22.7. The lowest BCUT2D eigenvalue weighted by molar-refractivity contribution is -0.139. The van der Waals surface area contributed by atoms with Crippen molar-refractivity contribution < 1.29 is 33.2 Å². The van der Waals surface area contributed by atoms with Crippen LogP contribution in [0.15, 0.2) is 71.1 Å². The molecule has 2 aromatic carbocycles. The van der Waals surface area contributed by atoms with Gasteiger partial charge in [0.05, 0.1) is 25.9 Å². The van der Waals surface area contributed by atoms with E-state index in [1.165, 1.54) is 13.2 Å². The van der Waals surface area contributed by atoms with Crippen molar-refractivity contribution in [1.29, 1.82) is 0 Å². The van der Waals surface area contributed by atoms with E-state index in [1.807, 2.05) is 30.3 Å². The second-order valence-corrected chi connectivity index (χ2v) is 9.16. The second-order valence-electron chi connectivity index (χ2n) is 9.16. The van der Waals surface area contributed by atoms with E-state index in [1.54, 1.807) is 30.3 Å². The smallest absolute Gasteiger partial charge is 0.337 e. The Bertz CT molecular complexity index is 1270. The minimum atomic E-state index is -0.568. The van der Waals surface area contributed by atoms with E-state index in [2.05, 4.69) is 23.0 Å². The van der Waals surface area contributed by atoms with Crippen LogP contribution < -0.4 is 16.1 Å². The monoisotopic (exact) mass is 549 g/mol. The van der Waals surface area contributed by atoms with Gasteiger partial charge in [-0.05, 0) is 36.2 Å². The third kappa shape index (κ3) is 9.39. The molecule has 0 aliphatic carbocycles. The van der Waals surface area contributed by atoms with Crippen LogP contribution in [0.25, 0.3) is 11.3 Å². The molecule has 0 bridgehead atoms. The summed E-state index contributed by atoms with van der Waals surface area (Å²) < 4.78 is 10.4. The van der Waals surface area contributed by atoms with Crippen molar-refractivity contribution >= 4 is 23.7 Å². The zero-order valence-electron chi connectivity index (χ0n) is 22.7. The molecule has 1 aromatic heterocycles. The van der Waals surface area contributed by atoms with Crippen molar-refractivity contribution in [3.63, 3.8) is 0 Å². The van der Waals surface area contributed by atoms with Gasteiger partial charge in [-0.1, -0.05) is 68.7 Å². The second kappa shape index (κ2) is 15.8. The summed E-state index contributed by atoms with van der Waals surface area (Å²) in [5.74, 6) is -1.86. The molecule has 1 heterocycles. The predicted octanol–water partition coefficient (Wildman–Crippen LogP) is 4.37. The number of hydrogen-bond acceptors (Lipinski definition) is 7. The molecule has 0 saturated heterocycles. The van der Waals surface area contributed by atoms with E-state index in [-0.39, 0.29) is 31.4 Å². The molecule has 10 heteroatoms. The number of furan rings is 1. The average molecular weight is 550 g/mol. The quantitative estimate of drug-likeness (QED) is 0.111. The largest absolute Gasteiger partial charge is 0.465 e. The van der Waals surface area contributed by atoms with E-state index < -0.39 is 23.7 Å². The number of hydrogen-bond donors (Lipinski definition) is 3. The van der Waals surface area contributed by atoms with Gasteiger partial charge in [-0.25, -0.2) is 10.3 Å². The van der Waals surface area contributed by atoms with Crippen LogP contribution >= 0.6 is 0 Å². The standard InChI is InChI=1S/C30H35N3O7/c1-3-4-6-12-23(18-27(34)33-39-19-21-10-7-5-8-11-21)28(35)31-20-32-29(36)26-16-15-25(40-26)22-13-9-14-24(17-22)30(37)38-2/h5,7-11,13-17,23H,3-4,6,12,18-20H2,1-2H3,(H,31,35)(H,32,36)(H,33,34)/t23-/m1/s1. The highest BCUT2D eigenvalue weighted by Gasteiger charge is 2.22. The number of ether oxygens (including phenoxy) is 1. The molecule has 3 rings (SSSR count). The number of hydroxylamine groups is 1.